The van der Waals surface area contributed by atoms with E-state index in [1.165, 1.54) is 0 Å². The van der Waals surface area contributed by atoms with E-state index in [-0.39, 0.29) is 18.0 Å². The molecule has 2 N–H and O–H groups in total. The highest BCUT2D eigenvalue weighted by atomic mass is 35.5. The lowest BCUT2D eigenvalue weighted by Crippen LogP contribution is -3.00. The second-order valence-corrected chi connectivity index (χ2v) is 2.89. The van der Waals surface area contributed by atoms with E-state index in [0.29, 0.717) is 0 Å². The van der Waals surface area contributed by atoms with Crippen molar-refractivity contribution in [2.75, 3.05) is 19.7 Å². The maximum Gasteiger partial charge on any atom is 0.111 e. The Morgan fingerprint density at radius 1 is 1.44 bits per heavy atom. The van der Waals surface area contributed by atoms with E-state index in [1.54, 1.807) is 0 Å². The lowest BCUT2D eigenvalue weighted by Gasteiger charge is -2.27. The van der Waals surface area contributed by atoms with Gasteiger partial charge in [-0.05, 0) is 13.8 Å². The largest absolute Gasteiger partial charge is 1.00 e. The van der Waals surface area contributed by atoms with Crippen molar-refractivity contribution >= 4 is 0 Å². The second kappa shape index (κ2) is 3.40. The van der Waals surface area contributed by atoms with Crippen molar-refractivity contribution in [1.29, 1.82) is 0 Å². The number of rotatable bonds is 0. The Hall–Kier alpha value is 0.210. The molecule has 0 spiro atoms. The fourth-order valence-electron chi connectivity index (χ4n) is 0.927. The molecule has 0 radical (unpaired) electrons. The molecule has 2 nitrogen and oxygen atoms in total. The highest BCUT2D eigenvalue weighted by molar-refractivity contribution is 4.66. The Balaban J connectivity index is 0.000000640. The Morgan fingerprint density at radius 2 is 2.11 bits per heavy atom. The minimum Gasteiger partial charge on any atom is -1.00 e. The van der Waals surface area contributed by atoms with Gasteiger partial charge in [-0.25, -0.2) is 0 Å². The van der Waals surface area contributed by atoms with Gasteiger partial charge in [-0.15, -0.1) is 0 Å². The SMILES string of the molecule is CC1(C)C[NH2+]CCO1.[Cl-]. The second-order valence-electron chi connectivity index (χ2n) is 2.89. The van der Waals surface area contributed by atoms with Gasteiger partial charge in [0.05, 0.1) is 13.2 Å². The monoisotopic (exact) mass is 151 g/mol. The zero-order chi connectivity index (χ0) is 6.04. The highest BCUT2D eigenvalue weighted by Crippen LogP contribution is 2.05. The molecule has 56 valence electrons. The van der Waals surface area contributed by atoms with Crippen LogP contribution >= 0.6 is 0 Å². The van der Waals surface area contributed by atoms with Gasteiger partial charge in [0.15, 0.2) is 0 Å². The lowest BCUT2D eigenvalue weighted by atomic mass is 10.1. The molecule has 1 saturated heterocycles. The smallest absolute Gasteiger partial charge is 0.111 e. The van der Waals surface area contributed by atoms with E-state index in [0.717, 1.165) is 19.7 Å². The average Bonchev–Trinajstić information content (AvgIpc) is 1.65. The van der Waals surface area contributed by atoms with E-state index in [9.17, 15) is 0 Å². The summed E-state index contributed by atoms with van der Waals surface area (Å²) in [7, 11) is 0. The molecule has 0 unspecified atom stereocenters. The molecule has 1 rings (SSSR count). The number of quaternary nitrogens is 1. The van der Waals surface area contributed by atoms with Gasteiger partial charge in [0.2, 0.25) is 0 Å². The van der Waals surface area contributed by atoms with E-state index >= 15 is 0 Å². The van der Waals surface area contributed by atoms with Gasteiger partial charge < -0.3 is 22.5 Å². The summed E-state index contributed by atoms with van der Waals surface area (Å²) in [4.78, 5) is 0. The molecule has 1 heterocycles. The Bertz CT molecular complexity index is 77.1. The van der Waals surface area contributed by atoms with Crippen LogP contribution in [0.25, 0.3) is 0 Å². The Morgan fingerprint density at radius 3 is 2.33 bits per heavy atom. The number of hydrogen-bond acceptors (Lipinski definition) is 1. The van der Waals surface area contributed by atoms with E-state index in [4.69, 9.17) is 4.74 Å². The molecule has 1 aliphatic rings. The fourth-order valence-corrected chi connectivity index (χ4v) is 0.927. The van der Waals surface area contributed by atoms with Crippen molar-refractivity contribution < 1.29 is 22.5 Å². The first-order chi connectivity index (χ1) is 3.71. The van der Waals surface area contributed by atoms with Crippen LogP contribution in [0, 0.1) is 0 Å². The van der Waals surface area contributed by atoms with Crippen LogP contribution in [0.4, 0.5) is 0 Å². The van der Waals surface area contributed by atoms with Crippen LogP contribution in [0.2, 0.25) is 0 Å². The number of halogens is 1. The minimum absolute atomic E-state index is 0. The molecule has 0 aromatic heterocycles. The van der Waals surface area contributed by atoms with Crippen molar-refractivity contribution in [3.05, 3.63) is 0 Å². The van der Waals surface area contributed by atoms with Gasteiger partial charge in [-0.3, -0.25) is 0 Å². The zero-order valence-corrected chi connectivity index (χ0v) is 6.74. The fraction of sp³-hybridized carbons (Fsp3) is 1.00. The summed E-state index contributed by atoms with van der Waals surface area (Å²) in [6, 6.07) is 0. The molecule has 0 bridgehead atoms. The topological polar surface area (TPSA) is 25.8 Å². The number of morpholine rings is 1. The quantitative estimate of drug-likeness (QED) is 0.380. The molecule has 1 fully saturated rings. The third-order valence-electron chi connectivity index (χ3n) is 1.45. The molecule has 0 aromatic carbocycles. The first-order valence-corrected chi connectivity index (χ1v) is 3.16. The van der Waals surface area contributed by atoms with Crippen molar-refractivity contribution in [3.8, 4) is 0 Å². The van der Waals surface area contributed by atoms with Crippen LogP contribution in [0.3, 0.4) is 0 Å². The van der Waals surface area contributed by atoms with Crippen LogP contribution in [0.1, 0.15) is 13.8 Å². The summed E-state index contributed by atoms with van der Waals surface area (Å²) in [5.41, 5.74) is 0.123. The van der Waals surface area contributed by atoms with Crippen LogP contribution < -0.4 is 17.7 Å². The summed E-state index contributed by atoms with van der Waals surface area (Å²) in [5, 5.41) is 2.30. The summed E-state index contributed by atoms with van der Waals surface area (Å²) >= 11 is 0. The van der Waals surface area contributed by atoms with E-state index in [1.807, 2.05) is 0 Å². The standard InChI is InChI=1S/C6H13NO.ClH/c1-6(2)5-7-3-4-8-6;/h7H,3-5H2,1-2H3;1H. The number of nitrogens with two attached hydrogens (primary N) is 1. The van der Waals surface area contributed by atoms with Gasteiger partial charge >= 0.3 is 0 Å². The molecular weight excluding hydrogens is 138 g/mol. The van der Waals surface area contributed by atoms with Crippen LogP contribution in [0.15, 0.2) is 0 Å². The summed E-state index contributed by atoms with van der Waals surface area (Å²) in [6.07, 6.45) is 0. The molecule has 0 aliphatic carbocycles. The van der Waals surface area contributed by atoms with Crippen LogP contribution in [0.5, 0.6) is 0 Å². The van der Waals surface area contributed by atoms with Gasteiger partial charge in [-0.2, -0.15) is 0 Å². The van der Waals surface area contributed by atoms with E-state index in [2.05, 4.69) is 19.2 Å². The molecule has 0 aromatic rings. The van der Waals surface area contributed by atoms with Crippen LogP contribution in [-0.2, 0) is 4.74 Å². The molecule has 9 heavy (non-hydrogen) atoms. The predicted octanol–water partition coefficient (Wildman–Crippen LogP) is -3.64. The molecule has 0 amide bonds. The maximum atomic E-state index is 5.43. The summed E-state index contributed by atoms with van der Waals surface area (Å²) < 4.78 is 5.43. The molecule has 1 aliphatic heterocycles. The molecule has 0 atom stereocenters. The minimum atomic E-state index is 0. The van der Waals surface area contributed by atoms with Crippen molar-refractivity contribution in [3.63, 3.8) is 0 Å². The Kier molecular flexibility index (Phi) is 3.48. The van der Waals surface area contributed by atoms with Crippen LogP contribution in [-0.4, -0.2) is 25.3 Å². The third kappa shape index (κ3) is 3.04. The number of hydrogen-bond donors (Lipinski definition) is 1. The molecular formula is C6H14ClNO. The summed E-state index contributed by atoms with van der Waals surface area (Å²) in [5.74, 6) is 0. The van der Waals surface area contributed by atoms with E-state index < -0.39 is 0 Å². The van der Waals surface area contributed by atoms with Crippen molar-refractivity contribution in [1.82, 2.24) is 0 Å². The summed E-state index contributed by atoms with van der Waals surface area (Å²) in [6.45, 7) is 7.40. The first kappa shape index (κ1) is 9.21. The van der Waals surface area contributed by atoms with Crippen molar-refractivity contribution in [2.24, 2.45) is 0 Å². The molecule has 3 heteroatoms. The van der Waals surface area contributed by atoms with Gasteiger partial charge in [0, 0.05) is 0 Å². The highest BCUT2D eigenvalue weighted by Gasteiger charge is 2.23. The Labute approximate surface area is 62.4 Å². The zero-order valence-electron chi connectivity index (χ0n) is 5.98. The average molecular weight is 152 g/mol. The van der Waals surface area contributed by atoms with Gasteiger partial charge in [0.25, 0.3) is 0 Å². The van der Waals surface area contributed by atoms with Gasteiger partial charge in [0.1, 0.15) is 12.1 Å². The third-order valence-corrected chi connectivity index (χ3v) is 1.45. The molecule has 0 saturated carbocycles. The maximum absolute atomic E-state index is 5.43. The first-order valence-electron chi connectivity index (χ1n) is 3.16. The van der Waals surface area contributed by atoms with Gasteiger partial charge in [-0.1, -0.05) is 0 Å². The lowest BCUT2D eigenvalue weighted by molar-refractivity contribution is -0.684. The number of ether oxygens (including phenoxy) is 1. The normalized spacial score (nSPS) is 24.7. The predicted molar refractivity (Wildman–Crippen MR) is 31.7 cm³/mol. The van der Waals surface area contributed by atoms with Crippen molar-refractivity contribution in [2.45, 2.75) is 19.4 Å².